The highest BCUT2D eigenvalue weighted by atomic mass is 16.2. The van der Waals surface area contributed by atoms with Gasteiger partial charge in [0.15, 0.2) is 0 Å². The molecule has 0 saturated carbocycles. The van der Waals surface area contributed by atoms with Crippen LogP contribution in [0.3, 0.4) is 0 Å². The summed E-state index contributed by atoms with van der Waals surface area (Å²) in [6.45, 7) is 5.31. The maximum Gasteiger partial charge on any atom is 0.257 e. The number of nitrogens with zero attached hydrogens (tertiary/aromatic N) is 3. The molecule has 0 aliphatic heterocycles. The van der Waals surface area contributed by atoms with Crippen molar-refractivity contribution in [1.82, 2.24) is 25.1 Å². The van der Waals surface area contributed by atoms with Crippen molar-refractivity contribution in [3.8, 4) is 0 Å². The molecule has 2 aromatic heterocycles. The van der Waals surface area contributed by atoms with Crippen molar-refractivity contribution in [3.05, 3.63) is 47.5 Å². The number of hydrogen-bond acceptors (Lipinski definition) is 3. The number of imidazole rings is 1. The lowest BCUT2D eigenvalue weighted by atomic mass is 10.2. The highest BCUT2D eigenvalue weighted by Crippen LogP contribution is 2.14. The largest absolute Gasteiger partial charge is 0.342 e. The van der Waals surface area contributed by atoms with Crippen LogP contribution in [-0.2, 0) is 6.42 Å². The first-order valence-corrected chi connectivity index (χ1v) is 7.40. The van der Waals surface area contributed by atoms with E-state index in [2.05, 4.69) is 33.2 Å². The Balaban J connectivity index is 1.70. The summed E-state index contributed by atoms with van der Waals surface area (Å²) in [5, 5.41) is 6.49. The number of likely N-dealkylation sites (N-methyl/N-ethyl adjacent to an activating group) is 1. The molecule has 0 bridgehead atoms. The maximum absolute atomic E-state index is 12.3. The number of aromatic amines is 2. The fourth-order valence-electron chi connectivity index (χ4n) is 2.49. The van der Waals surface area contributed by atoms with Crippen LogP contribution in [0.5, 0.6) is 0 Å². The fraction of sp³-hybridized carbons (Fsp3) is 0.312. The van der Waals surface area contributed by atoms with Gasteiger partial charge in [-0.3, -0.25) is 9.89 Å². The summed E-state index contributed by atoms with van der Waals surface area (Å²) in [6.07, 6.45) is 3.87. The summed E-state index contributed by atoms with van der Waals surface area (Å²) in [5.41, 5.74) is 3.79. The first kappa shape index (κ1) is 14.3. The molecule has 22 heavy (non-hydrogen) atoms. The van der Waals surface area contributed by atoms with Crippen LogP contribution in [0.2, 0.25) is 0 Å². The Kier molecular flexibility index (Phi) is 3.91. The third-order valence-electron chi connectivity index (χ3n) is 3.72. The van der Waals surface area contributed by atoms with Gasteiger partial charge in [-0.25, -0.2) is 4.98 Å². The lowest BCUT2D eigenvalue weighted by molar-refractivity contribution is 0.0765. The van der Waals surface area contributed by atoms with Crippen LogP contribution in [0, 0.1) is 6.92 Å². The van der Waals surface area contributed by atoms with Gasteiger partial charge < -0.3 is 9.88 Å². The summed E-state index contributed by atoms with van der Waals surface area (Å²) in [6, 6.07) is 6.15. The van der Waals surface area contributed by atoms with Crippen LogP contribution in [0.15, 0.2) is 30.6 Å². The second-order valence-electron chi connectivity index (χ2n) is 5.33. The number of aryl methyl sites for hydroxylation is 1. The molecule has 0 radical (unpaired) electrons. The molecule has 1 aromatic carbocycles. The van der Waals surface area contributed by atoms with E-state index in [1.165, 1.54) is 5.56 Å². The first-order chi connectivity index (χ1) is 10.7. The van der Waals surface area contributed by atoms with E-state index in [-0.39, 0.29) is 5.91 Å². The molecule has 114 valence electrons. The van der Waals surface area contributed by atoms with Crippen molar-refractivity contribution in [2.24, 2.45) is 0 Å². The second kappa shape index (κ2) is 6.01. The summed E-state index contributed by atoms with van der Waals surface area (Å²) >= 11 is 0. The molecule has 3 aromatic rings. The van der Waals surface area contributed by atoms with E-state index in [0.717, 1.165) is 16.9 Å². The summed E-state index contributed by atoms with van der Waals surface area (Å²) in [7, 11) is 0. The smallest absolute Gasteiger partial charge is 0.257 e. The molecule has 2 heterocycles. The summed E-state index contributed by atoms with van der Waals surface area (Å²) in [5.74, 6) is 0.891. The molecular weight excluding hydrogens is 278 g/mol. The van der Waals surface area contributed by atoms with Gasteiger partial charge in [0.2, 0.25) is 0 Å². The third-order valence-corrected chi connectivity index (χ3v) is 3.72. The predicted octanol–water partition coefficient (Wildman–Crippen LogP) is 2.30. The number of fused-ring (bicyclic) bond motifs is 1. The average molecular weight is 297 g/mol. The van der Waals surface area contributed by atoms with E-state index in [4.69, 9.17) is 0 Å². The second-order valence-corrected chi connectivity index (χ2v) is 5.33. The number of carbonyl (C=O) groups is 1. The van der Waals surface area contributed by atoms with Crippen LogP contribution in [-0.4, -0.2) is 44.1 Å². The molecule has 6 nitrogen and oxygen atoms in total. The zero-order valence-electron chi connectivity index (χ0n) is 12.8. The number of benzene rings is 1. The Bertz CT molecular complexity index is 775. The molecule has 0 unspecified atom stereocenters. The average Bonchev–Trinajstić information content (AvgIpc) is 3.16. The lowest BCUT2D eigenvalue weighted by Gasteiger charge is -2.19. The first-order valence-electron chi connectivity index (χ1n) is 7.40. The normalized spacial score (nSPS) is 11.0. The van der Waals surface area contributed by atoms with E-state index in [1.807, 2.05) is 19.1 Å². The van der Waals surface area contributed by atoms with E-state index in [1.54, 1.807) is 17.3 Å². The molecule has 0 aliphatic carbocycles. The van der Waals surface area contributed by atoms with E-state index >= 15 is 0 Å². The molecule has 0 spiro atoms. The zero-order valence-corrected chi connectivity index (χ0v) is 12.8. The van der Waals surface area contributed by atoms with E-state index < -0.39 is 0 Å². The monoisotopic (exact) mass is 297 g/mol. The van der Waals surface area contributed by atoms with Gasteiger partial charge in [-0.2, -0.15) is 5.10 Å². The van der Waals surface area contributed by atoms with Gasteiger partial charge in [0, 0.05) is 25.7 Å². The molecule has 0 saturated heterocycles. The van der Waals surface area contributed by atoms with Crippen LogP contribution < -0.4 is 0 Å². The minimum absolute atomic E-state index is 0.0109. The van der Waals surface area contributed by atoms with E-state index in [0.29, 0.717) is 25.1 Å². The van der Waals surface area contributed by atoms with Gasteiger partial charge >= 0.3 is 0 Å². The molecule has 2 N–H and O–H groups in total. The topological polar surface area (TPSA) is 77.7 Å². The Morgan fingerprint density at radius 2 is 2.23 bits per heavy atom. The highest BCUT2D eigenvalue weighted by Gasteiger charge is 2.15. The van der Waals surface area contributed by atoms with Gasteiger partial charge in [-0.15, -0.1) is 0 Å². The van der Waals surface area contributed by atoms with Crippen molar-refractivity contribution in [2.45, 2.75) is 20.3 Å². The number of rotatable bonds is 5. The molecular formula is C16H19N5O. The van der Waals surface area contributed by atoms with Crippen molar-refractivity contribution in [1.29, 1.82) is 0 Å². The fourth-order valence-corrected chi connectivity index (χ4v) is 2.49. The quantitative estimate of drug-likeness (QED) is 0.758. The lowest BCUT2D eigenvalue weighted by Crippen LogP contribution is -2.32. The summed E-state index contributed by atoms with van der Waals surface area (Å²) < 4.78 is 0. The molecule has 1 amide bonds. The minimum Gasteiger partial charge on any atom is -0.342 e. The number of H-pyrrole nitrogens is 2. The van der Waals surface area contributed by atoms with Crippen molar-refractivity contribution in [3.63, 3.8) is 0 Å². The Morgan fingerprint density at radius 1 is 1.36 bits per heavy atom. The number of hydrogen-bond donors (Lipinski definition) is 2. The number of carbonyl (C=O) groups excluding carboxylic acids is 1. The van der Waals surface area contributed by atoms with Crippen LogP contribution in [0.4, 0.5) is 0 Å². The predicted molar refractivity (Wildman–Crippen MR) is 84.7 cm³/mol. The van der Waals surface area contributed by atoms with Crippen molar-refractivity contribution < 1.29 is 4.79 Å². The molecule has 3 rings (SSSR count). The van der Waals surface area contributed by atoms with E-state index in [9.17, 15) is 4.79 Å². The van der Waals surface area contributed by atoms with Gasteiger partial charge in [0.1, 0.15) is 5.82 Å². The standard InChI is InChI=1S/C16H19N5O/c1-3-21(16(22)12-9-17-18-10-12)7-6-15-19-13-5-4-11(2)8-14(13)20-15/h4-5,8-10H,3,6-7H2,1-2H3,(H,17,18)(H,19,20). The van der Waals surface area contributed by atoms with Gasteiger partial charge in [0.25, 0.3) is 5.91 Å². The summed E-state index contributed by atoms with van der Waals surface area (Å²) in [4.78, 5) is 22.0. The molecule has 0 atom stereocenters. The minimum atomic E-state index is -0.0109. The van der Waals surface area contributed by atoms with Crippen molar-refractivity contribution in [2.75, 3.05) is 13.1 Å². The SMILES string of the molecule is CCN(CCc1nc2ccc(C)cc2[nH]1)C(=O)c1cn[nH]c1. The van der Waals surface area contributed by atoms with Crippen LogP contribution >= 0.6 is 0 Å². The van der Waals surface area contributed by atoms with Crippen LogP contribution in [0.1, 0.15) is 28.7 Å². The molecule has 0 fully saturated rings. The van der Waals surface area contributed by atoms with Crippen molar-refractivity contribution >= 4 is 16.9 Å². The van der Waals surface area contributed by atoms with Gasteiger partial charge in [-0.1, -0.05) is 6.07 Å². The molecule has 6 heteroatoms. The van der Waals surface area contributed by atoms with Gasteiger partial charge in [-0.05, 0) is 31.5 Å². The number of nitrogens with one attached hydrogen (secondary N) is 2. The third kappa shape index (κ3) is 2.86. The number of aromatic nitrogens is 4. The maximum atomic E-state index is 12.3. The Hall–Kier alpha value is -2.63. The number of amides is 1. The Labute approximate surface area is 128 Å². The Morgan fingerprint density at radius 3 is 2.95 bits per heavy atom. The van der Waals surface area contributed by atoms with Gasteiger partial charge in [0.05, 0.1) is 22.8 Å². The molecule has 0 aliphatic rings. The highest BCUT2D eigenvalue weighted by molar-refractivity contribution is 5.93. The van der Waals surface area contributed by atoms with Crippen LogP contribution in [0.25, 0.3) is 11.0 Å². The zero-order chi connectivity index (χ0) is 15.5.